The molecule has 0 aliphatic heterocycles. The molecule has 3 aliphatic carbocycles. The molecular formula is C26H27IN2O4. The third kappa shape index (κ3) is 5.13. The van der Waals surface area contributed by atoms with Gasteiger partial charge in [-0.1, -0.05) is 30.3 Å². The number of carbonyl (C=O) groups is 2. The lowest BCUT2D eigenvalue weighted by Crippen LogP contribution is -2.53. The number of fused-ring (bicyclic) bond motifs is 4. The maximum atomic E-state index is 13.7. The quantitative estimate of drug-likeness (QED) is 0.319. The first-order valence-corrected chi connectivity index (χ1v) is 12.3. The number of carboxylic acid groups (broad SMARTS) is 2. The van der Waals surface area contributed by atoms with E-state index in [1.165, 1.54) is 19.3 Å². The second kappa shape index (κ2) is 9.67. The lowest BCUT2D eigenvalue weighted by atomic mass is 9.65. The number of amides is 1. The number of benzene rings is 2. The number of aromatic nitrogens is 1. The van der Waals surface area contributed by atoms with E-state index in [0.29, 0.717) is 0 Å². The Morgan fingerprint density at radius 3 is 2.24 bits per heavy atom. The van der Waals surface area contributed by atoms with Crippen LogP contribution in [0, 0.1) is 16.4 Å². The van der Waals surface area contributed by atoms with Crippen molar-refractivity contribution in [1.29, 1.82) is 0 Å². The van der Waals surface area contributed by atoms with Gasteiger partial charge in [0.2, 0.25) is 0 Å². The molecule has 2 aromatic carbocycles. The van der Waals surface area contributed by atoms with Crippen LogP contribution in [0.2, 0.25) is 0 Å². The number of nitrogens with one attached hydrogen (secondary N) is 1. The summed E-state index contributed by atoms with van der Waals surface area (Å²) in [6, 6.07) is 16.4. The van der Waals surface area contributed by atoms with E-state index in [9.17, 15) is 4.79 Å². The maximum absolute atomic E-state index is 13.7. The first-order chi connectivity index (χ1) is 15.8. The number of hydrogen-bond donors (Lipinski definition) is 3. The third-order valence-electron chi connectivity index (χ3n) is 6.94. The van der Waals surface area contributed by atoms with E-state index in [2.05, 4.69) is 52.2 Å². The molecule has 6 rings (SSSR count). The molecule has 0 radical (unpaired) electrons. The van der Waals surface area contributed by atoms with Gasteiger partial charge >= 0.3 is 6.16 Å². The minimum atomic E-state index is -1.83. The molecule has 6 nitrogen and oxygen atoms in total. The van der Waals surface area contributed by atoms with E-state index in [-0.39, 0.29) is 11.4 Å². The summed E-state index contributed by atoms with van der Waals surface area (Å²) in [5.74, 6) is 0.943. The van der Waals surface area contributed by atoms with Gasteiger partial charge in [-0.25, -0.2) is 9.78 Å². The first-order valence-electron chi connectivity index (χ1n) is 11.2. The predicted molar refractivity (Wildman–Crippen MR) is 137 cm³/mol. The van der Waals surface area contributed by atoms with Crippen LogP contribution in [0.4, 0.5) is 4.79 Å². The second-order valence-corrected chi connectivity index (χ2v) is 10.2. The fourth-order valence-electron chi connectivity index (χ4n) is 5.24. The Hall–Kier alpha value is -2.68. The number of carbonyl (C=O) groups excluding carboxylic acids is 1. The second-order valence-electron chi connectivity index (χ2n) is 8.99. The van der Waals surface area contributed by atoms with Crippen LogP contribution in [0.5, 0.6) is 0 Å². The lowest BCUT2D eigenvalue weighted by molar-refractivity contribution is 0.0715. The van der Waals surface area contributed by atoms with Gasteiger partial charge in [-0.15, -0.1) is 0 Å². The van der Waals surface area contributed by atoms with Crippen molar-refractivity contribution in [1.82, 2.24) is 10.3 Å². The standard InChI is InChI=1S/C25H25IN2O.CH2O3/c1-16-22(24(29)28-25-12-9-17(10-13-25)11-14-25)20-15-19(26)7-8-21(20)27-23(16)18-5-3-2-4-6-18;2-1(3)4/h2-8,15,17H,9-14H2,1H3,(H,28,29);(H2,2,3,4). The highest BCUT2D eigenvalue weighted by Gasteiger charge is 2.41. The predicted octanol–water partition coefficient (Wildman–Crippen LogP) is 6.49. The molecule has 1 heterocycles. The van der Waals surface area contributed by atoms with Crippen molar-refractivity contribution >= 4 is 45.6 Å². The van der Waals surface area contributed by atoms with Crippen molar-refractivity contribution in [3.63, 3.8) is 0 Å². The third-order valence-corrected chi connectivity index (χ3v) is 7.61. The monoisotopic (exact) mass is 558 g/mol. The van der Waals surface area contributed by atoms with Crippen LogP contribution < -0.4 is 5.32 Å². The lowest BCUT2D eigenvalue weighted by Gasteiger charge is -2.47. The highest BCUT2D eigenvalue weighted by molar-refractivity contribution is 14.1. The molecule has 0 saturated heterocycles. The minimum absolute atomic E-state index is 0.0112. The topological polar surface area (TPSA) is 99.5 Å². The minimum Gasteiger partial charge on any atom is -0.450 e. The largest absolute Gasteiger partial charge is 0.503 e. The Kier molecular flexibility index (Phi) is 6.88. The summed E-state index contributed by atoms with van der Waals surface area (Å²) >= 11 is 2.31. The van der Waals surface area contributed by atoms with Crippen LogP contribution in [0.15, 0.2) is 48.5 Å². The molecule has 3 aliphatic rings. The summed E-state index contributed by atoms with van der Waals surface area (Å²) in [4.78, 5) is 27.2. The Morgan fingerprint density at radius 1 is 1.03 bits per heavy atom. The van der Waals surface area contributed by atoms with E-state index in [0.717, 1.165) is 62.0 Å². The van der Waals surface area contributed by atoms with Crippen LogP contribution in [0.25, 0.3) is 22.2 Å². The Balaban J connectivity index is 0.000000601. The zero-order valence-electron chi connectivity index (χ0n) is 18.5. The van der Waals surface area contributed by atoms with Crippen LogP contribution in [0.1, 0.15) is 54.4 Å². The summed E-state index contributed by atoms with van der Waals surface area (Å²) in [6.07, 6.45) is 5.29. The summed E-state index contributed by atoms with van der Waals surface area (Å²) < 4.78 is 1.12. The van der Waals surface area contributed by atoms with Crippen LogP contribution in [0.3, 0.4) is 0 Å². The Bertz CT molecular complexity index is 1170. The zero-order valence-corrected chi connectivity index (χ0v) is 20.6. The van der Waals surface area contributed by atoms with Gasteiger partial charge in [0, 0.05) is 20.1 Å². The highest BCUT2D eigenvalue weighted by atomic mass is 127. The van der Waals surface area contributed by atoms with Gasteiger partial charge in [0.15, 0.2) is 0 Å². The molecule has 3 fully saturated rings. The van der Waals surface area contributed by atoms with E-state index in [4.69, 9.17) is 20.0 Å². The van der Waals surface area contributed by atoms with Crippen molar-refractivity contribution < 1.29 is 19.8 Å². The molecule has 0 unspecified atom stereocenters. The van der Waals surface area contributed by atoms with Gasteiger partial charge in [0.05, 0.1) is 16.8 Å². The van der Waals surface area contributed by atoms with Gasteiger partial charge in [0.1, 0.15) is 0 Å². The molecule has 3 saturated carbocycles. The molecule has 2 bridgehead atoms. The zero-order chi connectivity index (χ0) is 23.6. The molecule has 3 aromatic rings. The van der Waals surface area contributed by atoms with Crippen molar-refractivity contribution in [2.24, 2.45) is 5.92 Å². The molecule has 0 atom stereocenters. The Labute approximate surface area is 206 Å². The summed E-state index contributed by atoms with van der Waals surface area (Å²) in [6.45, 7) is 2.04. The highest BCUT2D eigenvalue weighted by Crippen LogP contribution is 2.44. The van der Waals surface area contributed by atoms with Gasteiger partial charge in [-0.05, 0) is 97.7 Å². The molecule has 1 aromatic heterocycles. The number of rotatable bonds is 3. The van der Waals surface area contributed by atoms with Crippen molar-refractivity contribution in [3.8, 4) is 11.3 Å². The average Bonchev–Trinajstić information content (AvgIpc) is 2.79. The molecule has 7 heteroatoms. The van der Waals surface area contributed by atoms with Crippen molar-refractivity contribution in [3.05, 3.63) is 63.2 Å². The number of hydrogen-bond acceptors (Lipinski definition) is 3. The maximum Gasteiger partial charge on any atom is 0.503 e. The van der Waals surface area contributed by atoms with Crippen LogP contribution in [-0.4, -0.2) is 32.8 Å². The van der Waals surface area contributed by atoms with Gasteiger partial charge in [0.25, 0.3) is 5.91 Å². The van der Waals surface area contributed by atoms with Gasteiger partial charge < -0.3 is 15.5 Å². The smallest absolute Gasteiger partial charge is 0.450 e. The summed E-state index contributed by atoms with van der Waals surface area (Å²) in [5.41, 5.74) is 4.57. The molecule has 3 N–H and O–H groups in total. The average molecular weight is 558 g/mol. The van der Waals surface area contributed by atoms with Gasteiger partial charge in [-0.3, -0.25) is 4.79 Å². The first kappa shape index (κ1) is 23.5. The summed E-state index contributed by atoms with van der Waals surface area (Å²) in [5, 5.41) is 18.4. The normalized spacial score (nSPS) is 21.2. The number of pyridine rings is 1. The fourth-order valence-corrected chi connectivity index (χ4v) is 5.73. The van der Waals surface area contributed by atoms with Crippen LogP contribution >= 0.6 is 22.6 Å². The van der Waals surface area contributed by atoms with Crippen molar-refractivity contribution in [2.75, 3.05) is 0 Å². The van der Waals surface area contributed by atoms with E-state index >= 15 is 0 Å². The van der Waals surface area contributed by atoms with E-state index < -0.39 is 6.16 Å². The van der Waals surface area contributed by atoms with Gasteiger partial charge in [-0.2, -0.15) is 0 Å². The Morgan fingerprint density at radius 2 is 1.64 bits per heavy atom. The molecule has 172 valence electrons. The van der Waals surface area contributed by atoms with E-state index in [1.54, 1.807) is 0 Å². The fraction of sp³-hybridized carbons (Fsp3) is 0.346. The molecule has 33 heavy (non-hydrogen) atoms. The number of halogens is 1. The summed E-state index contributed by atoms with van der Waals surface area (Å²) in [7, 11) is 0. The SMILES string of the molecule is Cc1c(-c2ccccc2)nc2ccc(I)cc2c1C(=O)NC12CCC(CC1)CC2.O=C(O)O. The number of nitrogens with zero attached hydrogens (tertiary/aromatic N) is 1. The molecule has 1 amide bonds. The molecular weight excluding hydrogens is 531 g/mol. The van der Waals surface area contributed by atoms with Crippen LogP contribution in [-0.2, 0) is 0 Å². The van der Waals surface area contributed by atoms with E-state index in [1.807, 2.05) is 31.2 Å². The van der Waals surface area contributed by atoms with Crippen molar-refractivity contribution in [2.45, 2.75) is 51.0 Å². The molecule has 0 spiro atoms.